The molecule has 3 rings (SSSR count). The number of nitrogens with zero attached hydrogens (tertiary/aromatic N) is 1. The van der Waals surface area contributed by atoms with Crippen LogP contribution < -0.4 is 9.64 Å². The first-order chi connectivity index (χ1) is 11.5. The molecular weight excluding hydrogens is 306 g/mol. The van der Waals surface area contributed by atoms with Crippen molar-refractivity contribution in [2.24, 2.45) is 0 Å². The van der Waals surface area contributed by atoms with E-state index in [-0.39, 0.29) is 5.57 Å². The van der Waals surface area contributed by atoms with Crippen LogP contribution in [0.25, 0.3) is 5.57 Å². The molecule has 0 bridgehead atoms. The molecule has 2 aromatic carbocycles. The molecule has 24 heavy (non-hydrogen) atoms. The predicted octanol–water partition coefficient (Wildman–Crippen LogP) is 3.24. The molecule has 1 heterocycles. The number of aryl methyl sites for hydroxylation is 1. The molecule has 2 amide bonds. The minimum atomic E-state index is -0.722. The van der Waals surface area contributed by atoms with Crippen molar-refractivity contribution in [2.75, 3.05) is 11.5 Å². The third kappa shape index (κ3) is 2.65. The van der Waals surface area contributed by atoms with Crippen LogP contribution in [-0.2, 0) is 9.59 Å². The van der Waals surface area contributed by atoms with Crippen molar-refractivity contribution in [1.29, 1.82) is 0 Å². The summed E-state index contributed by atoms with van der Waals surface area (Å²) in [6, 6.07) is 13.7. The first kappa shape index (κ1) is 15.8. The predicted molar refractivity (Wildman–Crippen MR) is 90.8 cm³/mol. The van der Waals surface area contributed by atoms with Gasteiger partial charge in [-0.15, -0.1) is 0 Å². The third-order valence-electron chi connectivity index (χ3n) is 3.81. The number of ether oxygens (including phenoxy) is 1. The van der Waals surface area contributed by atoms with Crippen molar-refractivity contribution in [3.05, 3.63) is 65.4 Å². The Balaban J connectivity index is 1.94. The fourth-order valence-corrected chi connectivity index (χ4v) is 2.59. The lowest BCUT2D eigenvalue weighted by Crippen LogP contribution is -2.31. The number of imide groups is 1. The Bertz CT molecular complexity index is 819. The summed E-state index contributed by atoms with van der Waals surface area (Å²) >= 11 is 0. The third-order valence-corrected chi connectivity index (χ3v) is 3.81. The average Bonchev–Trinajstić information content (AvgIpc) is 2.80. The lowest BCUT2D eigenvalue weighted by molar-refractivity contribution is -0.121. The summed E-state index contributed by atoms with van der Waals surface area (Å²) in [7, 11) is 0. The van der Waals surface area contributed by atoms with Gasteiger partial charge in [0.15, 0.2) is 5.76 Å². The van der Waals surface area contributed by atoms with E-state index in [2.05, 4.69) is 0 Å². The maximum atomic E-state index is 12.7. The Morgan fingerprint density at radius 1 is 0.958 bits per heavy atom. The monoisotopic (exact) mass is 323 g/mol. The van der Waals surface area contributed by atoms with Gasteiger partial charge in [-0.3, -0.25) is 9.59 Å². The molecule has 2 aromatic rings. The van der Waals surface area contributed by atoms with Gasteiger partial charge < -0.3 is 9.84 Å². The molecule has 5 nitrogen and oxygen atoms in total. The first-order valence-corrected chi connectivity index (χ1v) is 7.65. The normalized spacial score (nSPS) is 14.5. The zero-order valence-electron chi connectivity index (χ0n) is 13.4. The number of aliphatic hydroxyl groups is 1. The molecule has 122 valence electrons. The lowest BCUT2D eigenvalue weighted by atomic mass is 10.0. The van der Waals surface area contributed by atoms with Gasteiger partial charge in [0.1, 0.15) is 5.75 Å². The molecule has 0 saturated heterocycles. The second-order valence-electron chi connectivity index (χ2n) is 5.46. The number of carbonyl (C=O) groups excluding carboxylic acids is 2. The van der Waals surface area contributed by atoms with Crippen LogP contribution in [0.5, 0.6) is 5.75 Å². The zero-order chi connectivity index (χ0) is 17.3. The highest BCUT2D eigenvalue weighted by atomic mass is 16.5. The van der Waals surface area contributed by atoms with E-state index in [1.807, 2.05) is 26.0 Å². The van der Waals surface area contributed by atoms with E-state index in [4.69, 9.17) is 4.74 Å². The van der Waals surface area contributed by atoms with Gasteiger partial charge in [0.2, 0.25) is 0 Å². The molecule has 0 atom stereocenters. The fraction of sp³-hybridized carbons (Fsp3) is 0.158. The Labute approximate surface area is 139 Å². The Hall–Kier alpha value is -3.08. The van der Waals surface area contributed by atoms with E-state index in [0.717, 1.165) is 10.5 Å². The van der Waals surface area contributed by atoms with Crippen LogP contribution in [0, 0.1) is 6.92 Å². The number of anilines is 1. The molecule has 0 aliphatic carbocycles. The first-order valence-electron chi connectivity index (χ1n) is 7.65. The molecule has 0 fully saturated rings. The fourth-order valence-electron chi connectivity index (χ4n) is 2.59. The van der Waals surface area contributed by atoms with E-state index in [9.17, 15) is 14.7 Å². The van der Waals surface area contributed by atoms with Gasteiger partial charge in [0.05, 0.1) is 17.9 Å². The van der Waals surface area contributed by atoms with E-state index in [0.29, 0.717) is 23.6 Å². The number of amides is 2. The summed E-state index contributed by atoms with van der Waals surface area (Å²) in [5.41, 5.74) is 1.96. The second kappa shape index (κ2) is 6.20. The van der Waals surface area contributed by atoms with Crippen LogP contribution in [0.1, 0.15) is 18.1 Å². The molecule has 0 saturated carbocycles. The molecule has 1 N–H and O–H groups in total. The largest absolute Gasteiger partial charge is 0.502 e. The molecule has 1 aliphatic rings. The average molecular weight is 323 g/mol. The van der Waals surface area contributed by atoms with Crippen LogP contribution >= 0.6 is 0 Å². The standard InChI is InChI=1S/C19H17NO4/c1-3-24-15-10-8-14(9-11-15)20-18(22)16(17(21)19(20)23)13-6-4-12(2)5-7-13/h4-11,21H,3H2,1-2H3. The number of carbonyl (C=O) groups is 2. The van der Waals surface area contributed by atoms with Gasteiger partial charge in [-0.2, -0.15) is 0 Å². The molecule has 1 aliphatic heterocycles. The van der Waals surface area contributed by atoms with Crippen LogP contribution in [-0.4, -0.2) is 23.5 Å². The van der Waals surface area contributed by atoms with Crippen molar-refractivity contribution in [3.8, 4) is 5.75 Å². The smallest absolute Gasteiger partial charge is 0.301 e. The SMILES string of the molecule is CCOc1ccc(N2C(=O)C(O)=C(c3ccc(C)cc3)C2=O)cc1. The quantitative estimate of drug-likeness (QED) is 0.877. The zero-order valence-corrected chi connectivity index (χ0v) is 13.4. The van der Waals surface area contributed by atoms with E-state index in [1.165, 1.54) is 0 Å². The Kier molecular flexibility index (Phi) is 4.08. The van der Waals surface area contributed by atoms with Crippen molar-refractivity contribution in [2.45, 2.75) is 13.8 Å². The molecule has 5 heteroatoms. The highest BCUT2D eigenvalue weighted by Crippen LogP contribution is 2.32. The molecule has 0 radical (unpaired) electrons. The van der Waals surface area contributed by atoms with Gasteiger partial charge in [-0.1, -0.05) is 29.8 Å². The molecule has 0 spiro atoms. The van der Waals surface area contributed by atoms with Crippen molar-refractivity contribution in [1.82, 2.24) is 0 Å². The summed E-state index contributed by atoms with van der Waals surface area (Å²) in [5, 5.41) is 10.2. The summed E-state index contributed by atoms with van der Waals surface area (Å²) in [6.07, 6.45) is 0. The minimum Gasteiger partial charge on any atom is -0.502 e. The van der Waals surface area contributed by atoms with Gasteiger partial charge >= 0.3 is 5.91 Å². The molecule has 0 aromatic heterocycles. The van der Waals surface area contributed by atoms with Gasteiger partial charge in [-0.05, 0) is 43.7 Å². The van der Waals surface area contributed by atoms with Gasteiger partial charge in [0.25, 0.3) is 5.91 Å². The number of hydrogen-bond acceptors (Lipinski definition) is 4. The van der Waals surface area contributed by atoms with E-state index in [1.54, 1.807) is 36.4 Å². The van der Waals surface area contributed by atoms with Gasteiger partial charge in [0, 0.05) is 0 Å². The van der Waals surface area contributed by atoms with Crippen LogP contribution in [0.15, 0.2) is 54.3 Å². The van der Waals surface area contributed by atoms with E-state index < -0.39 is 17.6 Å². The number of rotatable bonds is 4. The lowest BCUT2D eigenvalue weighted by Gasteiger charge is -2.15. The van der Waals surface area contributed by atoms with E-state index >= 15 is 0 Å². The van der Waals surface area contributed by atoms with Crippen molar-refractivity contribution < 1.29 is 19.4 Å². The highest BCUT2D eigenvalue weighted by molar-refractivity contribution is 6.44. The van der Waals surface area contributed by atoms with Crippen LogP contribution in [0.4, 0.5) is 5.69 Å². The maximum absolute atomic E-state index is 12.7. The molecular formula is C19H17NO4. The van der Waals surface area contributed by atoms with Crippen molar-refractivity contribution >= 4 is 23.1 Å². The maximum Gasteiger partial charge on any atom is 0.301 e. The Morgan fingerprint density at radius 2 is 1.58 bits per heavy atom. The minimum absolute atomic E-state index is 0.0221. The second-order valence-corrected chi connectivity index (χ2v) is 5.46. The number of hydrogen-bond donors (Lipinski definition) is 1. The number of benzene rings is 2. The summed E-state index contributed by atoms with van der Waals surface area (Å²) in [5.74, 6) is -1.14. The van der Waals surface area contributed by atoms with Crippen LogP contribution in [0.2, 0.25) is 0 Å². The van der Waals surface area contributed by atoms with Crippen LogP contribution in [0.3, 0.4) is 0 Å². The van der Waals surface area contributed by atoms with Crippen molar-refractivity contribution in [3.63, 3.8) is 0 Å². The Morgan fingerprint density at radius 3 is 2.17 bits per heavy atom. The van der Waals surface area contributed by atoms with Gasteiger partial charge in [-0.25, -0.2) is 4.90 Å². The number of aliphatic hydroxyl groups excluding tert-OH is 1. The topological polar surface area (TPSA) is 66.8 Å². The highest BCUT2D eigenvalue weighted by Gasteiger charge is 2.40. The molecule has 0 unspecified atom stereocenters. The summed E-state index contributed by atoms with van der Waals surface area (Å²) in [6.45, 7) is 4.32. The summed E-state index contributed by atoms with van der Waals surface area (Å²) in [4.78, 5) is 26.0. The summed E-state index contributed by atoms with van der Waals surface area (Å²) < 4.78 is 5.35.